The van der Waals surface area contributed by atoms with Gasteiger partial charge in [-0.05, 0) is 30.0 Å². The van der Waals surface area contributed by atoms with Crippen molar-refractivity contribution in [3.8, 4) is 23.0 Å². The molecule has 0 saturated carbocycles. The SMILES string of the molecule is CN=C(NCCC(C)c1ccc(OC)cc1)Nc1cc(OC)c(OC)c(OC)c1.I. The van der Waals surface area contributed by atoms with Crippen molar-refractivity contribution in [2.75, 3.05) is 47.3 Å². The van der Waals surface area contributed by atoms with Gasteiger partial charge in [-0.25, -0.2) is 0 Å². The fraction of sp³-hybridized carbons (Fsp3) is 0.409. The van der Waals surface area contributed by atoms with Crippen molar-refractivity contribution in [2.45, 2.75) is 19.3 Å². The smallest absolute Gasteiger partial charge is 0.203 e. The highest BCUT2D eigenvalue weighted by atomic mass is 127. The molecule has 0 heterocycles. The zero-order valence-electron chi connectivity index (χ0n) is 18.4. The van der Waals surface area contributed by atoms with E-state index in [1.54, 1.807) is 35.5 Å². The summed E-state index contributed by atoms with van der Waals surface area (Å²) in [6.45, 7) is 2.98. The molecule has 0 aromatic heterocycles. The molecule has 0 amide bonds. The van der Waals surface area contributed by atoms with Crippen molar-refractivity contribution < 1.29 is 18.9 Å². The predicted octanol–water partition coefficient (Wildman–Crippen LogP) is 4.52. The van der Waals surface area contributed by atoms with Crippen LogP contribution in [0.2, 0.25) is 0 Å². The number of rotatable bonds is 9. The first kappa shape index (κ1) is 25.7. The maximum Gasteiger partial charge on any atom is 0.203 e. The highest BCUT2D eigenvalue weighted by molar-refractivity contribution is 14.0. The minimum absolute atomic E-state index is 0. The third-order valence-electron chi connectivity index (χ3n) is 4.71. The molecule has 1 atom stereocenters. The van der Waals surface area contributed by atoms with Gasteiger partial charge >= 0.3 is 0 Å². The van der Waals surface area contributed by atoms with Crippen LogP contribution >= 0.6 is 24.0 Å². The number of hydrogen-bond donors (Lipinski definition) is 2. The minimum atomic E-state index is 0. The van der Waals surface area contributed by atoms with Crippen molar-refractivity contribution in [1.29, 1.82) is 0 Å². The van der Waals surface area contributed by atoms with Crippen LogP contribution in [0.4, 0.5) is 5.69 Å². The van der Waals surface area contributed by atoms with Crippen LogP contribution in [0.15, 0.2) is 41.4 Å². The lowest BCUT2D eigenvalue weighted by molar-refractivity contribution is 0.324. The van der Waals surface area contributed by atoms with E-state index in [1.807, 2.05) is 24.3 Å². The third-order valence-corrected chi connectivity index (χ3v) is 4.71. The number of benzene rings is 2. The van der Waals surface area contributed by atoms with Gasteiger partial charge in [0, 0.05) is 31.4 Å². The third kappa shape index (κ3) is 6.86. The van der Waals surface area contributed by atoms with E-state index in [4.69, 9.17) is 18.9 Å². The number of halogens is 1. The van der Waals surface area contributed by atoms with Crippen LogP contribution in [0.3, 0.4) is 0 Å². The van der Waals surface area contributed by atoms with Gasteiger partial charge in [-0.2, -0.15) is 0 Å². The van der Waals surface area contributed by atoms with E-state index < -0.39 is 0 Å². The average molecular weight is 529 g/mol. The Morgan fingerprint density at radius 3 is 2.00 bits per heavy atom. The fourth-order valence-electron chi connectivity index (χ4n) is 2.98. The molecule has 0 spiro atoms. The Bertz CT molecular complexity index is 788. The Hall–Kier alpha value is -2.36. The molecule has 0 aliphatic rings. The molecule has 2 rings (SSSR count). The van der Waals surface area contributed by atoms with E-state index in [-0.39, 0.29) is 24.0 Å². The second-order valence-corrected chi connectivity index (χ2v) is 6.50. The van der Waals surface area contributed by atoms with Crippen LogP contribution < -0.4 is 29.6 Å². The van der Waals surface area contributed by atoms with Gasteiger partial charge in [-0.15, -0.1) is 24.0 Å². The van der Waals surface area contributed by atoms with E-state index in [2.05, 4.69) is 34.7 Å². The summed E-state index contributed by atoms with van der Waals surface area (Å²) >= 11 is 0. The Balaban J connectivity index is 0.00000450. The van der Waals surface area contributed by atoms with Crippen LogP contribution in [0, 0.1) is 0 Å². The summed E-state index contributed by atoms with van der Waals surface area (Å²) in [5.41, 5.74) is 2.07. The second kappa shape index (κ2) is 13.0. The first-order valence-electron chi connectivity index (χ1n) is 9.47. The Labute approximate surface area is 196 Å². The number of anilines is 1. The molecular formula is C22H32IN3O4. The molecule has 2 N–H and O–H groups in total. The maximum absolute atomic E-state index is 5.40. The van der Waals surface area contributed by atoms with Gasteiger partial charge in [0.1, 0.15) is 5.75 Å². The summed E-state index contributed by atoms with van der Waals surface area (Å²) in [6.07, 6.45) is 0.961. The highest BCUT2D eigenvalue weighted by Crippen LogP contribution is 2.39. The van der Waals surface area contributed by atoms with E-state index >= 15 is 0 Å². The van der Waals surface area contributed by atoms with Gasteiger partial charge in [0.2, 0.25) is 5.75 Å². The Kier molecular flexibility index (Phi) is 11.2. The van der Waals surface area contributed by atoms with Gasteiger partial charge in [-0.3, -0.25) is 4.99 Å². The molecule has 0 radical (unpaired) electrons. The first-order valence-corrected chi connectivity index (χ1v) is 9.47. The van der Waals surface area contributed by atoms with Gasteiger partial charge in [0.25, 0.3) is 0 Å². The van der Waals surface area contributed by atoms with Gasteiger partial charge < -0.3 is 29.6 Å². The zero-order chi connectivity index (χ0) is 21.2. The number of hydrogen-bond acceptors (Lipinski definition) is 5. The topological polar surface area (TPSA) is 73.3 Å². The van der Waals surface area contributed by atoms with Crippen LogP contribution in [-0.4, -0.2) is 48.0 Å². The number of guanidine groups is 1. The summed E-state index contributed by atoms with van der Waals surface area (Å²) in [5.74, 6) is 3.66. The van der Waals surface area contributed by atoms with Crippen molar-refractivity contribution in [1.82, 2.24) is 5.32 Å². The summed E-state index contributed by atoms with van der Waals surface area (Å²) in [6, 6.07) is 11.9. The van der Waals surface area contributed by atoms with E-state index in [0.29, 0.717) is 29.1 Å². The number of ether oxygens (including phenoxy) is 4. The van der Waals surface area contributed by atoms with Crippen LogP contribution in [-0.2, 0) is 0 Å². The molecule has 1 unspecified atom stereocenters. The van der Waals surface area contributed by atoms with Gasteiger partial charge in [-0.1, -0.05) is 19.1 Å². The summed E-state index contributed by atoms with van der Waals surface area (Å²) in [5, 5.41) is 6.61. The zero-order valence-corrected chi connectivity index (χ0v) is 20.8. The second-order valence-electron chi connectivity index (χ2n) is 6.50. The summed E-state index contributed by atoms with van der Waals surface area (Å²) < 4.78 is 21.4. The lowest BCUT2D eigenvalue weighted by Gasteiger charge is -2.17. The van der Waals surface area contributed by atoms with Crippen molar-refractivity contribution in [3.05, 3.63) is 42.0 Å². The van der Waals surface area contributed by atoms with Crippen molar-refractivity contribution in [2.24, 2.45) is 4.99 Å². The molecule has 0 saturated heterocycles. The van der Waals surface area contributed by atoms with E-state index in [9.17, 15) is 0 Å². The maximum atomic E-state index is 5.40. The monoisotopic (exact) mass is 529 g/mol. The van der Waals surface area contributed by atoms with Crippen LogP contribution in [0.5, 0.6) is 23.0 Å². The molecule has 166 valence electrons. The van der Waals surface area contributed by atoms with Gasteiger partial charge in [0.05, 0.1) is 28.4 Å². The van der Waals surface area contributed by atoms with E-state index in [1.165, 1.54) is 5.56 Å². The highest BCUT2D eigenvalue weighted by Gasteiger charge is 2.14. The number of nitrogens with one attached hydrogen (secondary N) is 2. The largest absolute Gasteiger partial charge is 0.497 e. The summed E-state index contributed by atoms with van der Waals surface area (Å²) in [4.78, 5) is 4.29. The van der Waals surface area contributed by atoms with Crippen LogP contribution in [0.1, 0.15) is 24.8 Å². The molecule has 2 aromatic carbocycles. The first-order chi connectivity index (χ1) is 14.1. The molecule has 2 aromatic rings. The molecular weight excluding hydrogens is 497 g/mol. The Morgan fingerprint density at radius 2 is 1.53 bits per heavy atom. The average Bonchev–Trinajstić information content (AvgIpc) is 2.77. The molecule has 8 heteroatoms. The van der Waals surface area contributed by atoms with E-state index in [0.717, 1.165) is 24.4 Å². The lowest BCUT2D eigenvalue weighted by Crippen LogP contribution is -2.32. The number of methoxy groups -OCH3 is 4. The molecule has 7 nitrogen and oxygen atoms in total. The molecule has 0 fully saturated rings. The quantitative estimate of drug-likeness (QED) is 0.283. The van der Waals surface area contributed by atoms with Gasteiger partial charge in [0.15, 0.2) is 17.5 Å². The Morgan fingerprint density at radius 1 is 0.933 bits per heavy atom. The number of nitrogens with zero attached hydrogens (tertiary/aromatic N) is 1. The van der Waals surface area contributed by atoms with Crippen molar-refractivity contribution >= 4 is 35.6 Å². The number of aliphatic imine (C=N–C) groups is 1. The van der Waals surface area contributed by atoms with Crippen molar-refractivity contribution in [3.63, 3.8) is 0 Å². The summed E-state index contributed by atoms with van der Waals surface area (Å²) in [7, 11) is 8.18. The predicted molar refractivity (Wildman–Crippen MR) is 133 cm³/mol. The normalized spacial score (nSPS) is 11.7. The molecule has 30 heavy (non-hydrogen) atoms. The fourth-order valence-corrected chi connectivity index (χ4v) is 2.98. The van der Waals surface area contributed by atoms with Crippen LogP contribution in [0.25, 0.3) is 0 Å². The lowest BCUT2D eigenvalue weighted by atomic mass is 9.98. The molecule has 0 aliphatic heterocycles. The minimum Gasteiger partial charge on any atom is -0.497 e. The standard InChI is InChI=1S/C22H31N3O4.HI/c1-15(16-7-9-18(26-3)10-8-16)11-12-24-22(23-2)25-17-13-19(27-4)21(29-6)20(14-17)28-5;/h7-10,13-15H,11-12H2,1-6H3,(H2,23,24,25);1H. The molecule has 0 aliphatic carbocycles. The molecule has 0 bridgehead atoms.